The van der Waals surface area contributed by atoms with Crippen LogP contribution in [0.4, 0.5) is 0 Å². The van der Waals surface area contributed by atoms with Gasteiger partial charge in [0.05, 0.1) is 5.92 Å². The molecule has 0 bridgehead atoms. The van der Waals surface area contributed by atoms with Gasteiger partial charge in [-0.15, -0.1) is 11.3 Å². The summed E-state index contributed by atoms with van der Waals surface area (Å²) in [7, 11) is 0. The number of likely N-dealkylation sites (tertiary alicyclic amines) is 1. The molecule has 0 saturated carbocycles. The molecule has 2 aromatic carbocycles. The van der Waals surface area contributed by atoms with E-state index in [1.165, 1.54) is 27.1 Å². The molecule has 1 aliphatic heterocycles. The number of carboxylic acids is 1. The van der Waals surface area contributed by atoms with Gasteiger partial charge in [-0.05, 0) is 41.3 Å². The summed E-state index contributed by atoms with van der Waals surface area (Å²) in [6, 6.07) is 20.8. The third kappa shape index (κ3) is 4.11. The lowest BCUT2D eigenvalue weighted by molar-refractivity contribution is -0.147. The lowest BCUT2D eigenvalue weighted by Gasteiger charge is -2.36. The maximum Gasteiger partial charge on any atom is 0.309 e. The van der Waals surface area contributed by atoms with Crippen LogP contribution in [0.25, 0.3) is 11.1 Å². The van der Waals surface area contributed by atoms with E-state index in [-0.39, 0.29) is 5.92 Å². The first-order valence-corrected chi connectivity index (χ1v) is 10.2. The first-order chi connectivity index (χ1) is 13.6. The normalized spacial score (nSPS) is 14.6. The lowest BCUT2D eigenvalue weighted by Crippen LogP contribution is -2.49. The first kappa shape index (κ1) is 18.7. The second-order valence-corrected chi connectivity index (χ2v) is 8.33. The fourth-order valence-corrected chi connectivity index (χ4v) is 4.41. The summed E-state index contributed by atoms with van der Waals surface area (Å²) in [4.78, 5) is 14.3. The number of thiophene rings is 1. The van der Waals surface area contributed by atoms with Crippen molar-refractivity contribution in [1.29, 1.82) is 0 Å². The largest absolute Gasteiger partial charge is 0.481 e. The van der Waals surface area contributed by atoms with Crippen LogP contribution in [-0.2, 0) is 17.9 Å². The summed E-state index contributed by atoms with van der Waals surface area (Å²) in [5.74, 6) is -0.907. The Bertz CT molecular complexity index is 961. The van der Waals surface area contributed by atoms with Gasteiger partial charge in [0.25, 0.3) is 0 Å². The van der Waals surface area contributed by atoms with Crippen LogP contribution in [-0.4, -0.2) is 29.1 Å². The number of aliphatic carboxylic acids is 1. The van der Waals surface area contributed by atoms with Gasteiger partial charge in [-0.25, -0.2) is 0 Å². The number of ether oxygens (including phenoxy) is 1. The van der Waals surface area contributed by atoms with Crippen molar-refractivity contribution in [3.63, 3.8) is 0 Å². The molecule has 1 aliphatic rings. The molecule has 28 heavy (non-hydrogen) atoms. The molecule has 1 saturated heterocycles. The Balaban J connectivity index is 1.37. The molecule has 0 spiro atoms. The molecule has 1 N–H and O–H groups in total. The number of carboxylic acid groups (broad SMARTS) is 1. The quantitative estimate of drug-likeness (QED) is 0.625. The average molecular weight is 394 g/mol. The molecule has 1 aromatic heterocycles. The maximum absolute atomic E-state index is 10.9. The zero-order chi connectivity index (χ0) is 19.5. The summed E-state index contributed by atoms with van der Waals surface area (Å²) in [6.45, 7) is 4.74. The smallest absolute Gasteiger partial charge is 0.309 e. The molecule has 2 heterocycles. The third-order valence-electron chi connectivity index (χ3n) is 5.22. The van der Waals surface area contributed by atoms with E-state index in [4.69, 9.17) is 9.84 Å². The van der Waals surface area contributed by atoms with Crippen molar-refractivity contribution in [2.75, 3.05) is 13.1 Å². The molecule has 144 valence electrons. The minimum absolute atomic E-state index is 0.212. The zero-order valence-electron chi connectivity index (χ0n) is 15.8. The van der Waals surface area contributed by atoms with Crippen LogP contribution in [0.1, 0.15) is 16.0 Å². The molecule has 0 unspecified atom stereocenters. The summed E-state index contributed by atoms with van der Waals surface area (Å²) in [5.41, 5.74) is 4.88. The first-order valence-electron chi connectivity index (χ1n) is 9.41. The zero-order valence-corrected chi connectivity index (χ0v) is 16.6. The highest BCUT2D eigenvalue weighted by Crippen LogP contribution is 2.30. The fourth-order valence-electron chi connectivity index (χ4n) is 3.52. The molecular weight excluding hydrogens is 370 g/mol. The molecule has 0 atom stereocenters. The molecule has 5 heteroatoms. The standard InChI is InChI=1S/C23H23NO3S/c1-16-18(8-5-9-21(16)17-6-3-2-4-7-17)15-27-22-11-10-20(28-22)14-24-12-19(13-24)23(25)26/h2-11,19H,12-15H2,1H3,(H,25,26). The molecule has 1 fully saturated rings. The van der Waals surface area contributed by atoms with Gasteiger partial charge in [-0.3, -0.25) is 9.69 Å². The Morgan fingerprint density at radius 2 is 1.89 bits per heavy atom. The Kier molecular flexibility index (Phi) is 5.46. The molecule has 3 aromatic rings. The van der Waals surface area contributed by atoms with Crippen molar-refractivity contribution in [1.82, 2.24) is 4.90 Å². The second kappa shape index (κ2) is 8.17. The van der Waals surface area contributed by atoms with Gasteiger partial charge < -0.3 is 9.84 Å². The van der Waals surface area contributed by atoms with Crippen LogP contribution in [0, 0.1) is 12.8 Å². The Hall–Kier alpha value is -2.63. The summed E-state index contributed by atoms with van der Waals surface area (Å²) in [5, 5.41) is 9.87. The molecule has 0 radical (unpaired) electrons. The van der Waals surface area contributed by atoms with Crippen LogP contribution in [0.2, 0.25) is 0 Å². The third-order valence-corrected chi connectivity index (χ3v) is 6.21. The van der Waals surface area contributed by atoms with Crippen LogP contribution < -0.4 is 4.74 Å². The van der Waals surface area contributed by atoms with Gasteiger partial charge >= 0.3 is 5.97 Å². The van der Waals surface area contributed by atoms with E-state index in [1.54, 1.807) is 11.3 Å². The minimum atomic E-state index is -0.695. The van der Waals surface area contributed by atoms with Gasteiger partial charge in [-0.2, -0.15) is 0 Å². The molecule has 0 amide bonds. The number of nitrogens with zero attached hydrogens (tertiary/aromatic N) is 1. The van der Waals surface area contributed by atoms with Crippen molar-refractivity contribution in [2.24, 2.45) is 5.92 Å². The highest BCUT2D eigenvalue weighted by Gasteiger charge is 2.32. The SMILES string of the molecule is Cc1c(COc2ccc(CN3CC(C(=O)O)C3)s2)cccc1-c1ccccc1. The van der Waals surface area contributed by atoms with E-state index in [1.807, 2.05) is 12.1 Å². The van der Waals surface area contributed by atoms with E-state index in [9.17, 15) is 4.79 Å². The molecule has 4 rings (SSSR count). The highest BCUT2D eigenvalue weighted by molar-refractivity contribution is 7.13. The van der Waals surface area contributed by atoms with Crippen LogP contribution in [0.15, 0.2) is 60.7 Å². The van der Waals surface area contributed by atoms with Crippen molar-refractivity contribution >= 4 is 17.3 Å². The number of hydrogen-bond donors (Lipinski definition) is 1. The van der Waals surface area contributed by atoms with Crippen LogP contribution in [0.5, 0.6) is 5.06 Å². The minimum Gasteiger partial charge on any atom is -0.481 e. The van der Waals surface area contributed by atoms with Gasteiger partial charge in [-0.1, -0.05) is 48.5 Å². The van der Waals surface area contributed by atoms with E-state index in [0.29, 0.717) is 19.7 Å². The molecule has 4 nitrogen and oxygen atoms in total. The van der Waals surface area contributed by atoms with Gasteiger partial charge in [0.15, 0.2) is 5.06 Å². The average Bonchev–Trinajstić information content (AvgIpc) is 3.11. The number of hydrogen-bond acceptors (Lipinski definition) is 4. The van der Waals surface area contributed by atoms with Gasteiger partial charge in [0, 0.05) is 24.5 Å². The highest BCUT2D eigenvalue weighted by atomic mass is 32.1. The van der Waals surface area contributed by atoms with E-state index < -0.39 is 5.97 Å². The monoisotopic (exact) mass is 393 g/mol. The number of benzene rings is 2. The van der Waals surface area contributed by atoms with Gasteiger partial charge in [0.1, 0.15) is 6.61 Å². The summed E-state index contributed by atoms with van der Waals surface area (Å²) in [6.07, 6.45) is 0. The Labute approximate surface area is 169 Å². The van der Waals surface area contributed by atoms with Gasteiger partial charge in [0.2, 0.25) is 0 Å². The summed E-state index contributed by atoms with van der Waals surface area (Å²) < 4.78 is 6.04. The Morgan fingerprint density at radius 3 is 2.64 bits per heavy atom. The predicted octanol–water partition coefficient (Wildman–Crippen LogP) is 4.82. The van der Waals surface area contributed by atoms with E-state index >= 15 is 0 Å². The summed E-state index contributed by atoms with van der Waals surface area (Å²) >= 11 is 1.63. The van der Waals surface area contributed by atoms with Crippen molar-refractivity contribution in [2.45, 2.75) is 20.1 Å². The van der Waals surface area contributed by atoms with E-state index in [0.717, 1.165) is 11.6 Å². The lowest BCUT2D eigenvalue weighted by atomic mass is 9.97. The predicted molar refractivity (Wildman–Crippen MR) is 112 cm³/mol. The fraction of sp³-hybridized carbons (Fsp3) is 0.261. The second-order valence-electron chi connectivity index (χ2n) is 7.19. The van der Waals surface area contributed by atoms with Crippen molar-refractivity contribution < 1.29 is 14.6 Å². The molecular formula is C23H23NO3S. The maximum atomic E-state index is 10.9. The number of rotatable bonds is 7. The van der Waals surface area contributed by atoms with Crippen molar-refractivity contribution in [3.05, 3.63) is 76.7 Å². The number of carbonyl (C=O) groups is 1. The molecule has 0 aliphatic carbocycles. The van der Waals surface area contributed by atoms with Crippen LogP contribution in [0.3, 0.4) is 0 Å². The topological polar surface area (TPSA) is 49.8 Å². The van der Waals surface area contributed by atoms with E-state index in [2.05, 4.69) is 60.4 Å². The Morgan fingerprint density at radius 1 is 1.11 bits per heavy atom. The van der Waals surface area contributed by atoms with Crippen molar-refractivity contribution in [3.8, 4) is 16.2 Å². The van der Waals surface area contributed by atoms with Crippen LogP contribution >= 0.6 is 11.3 Å².